The monoisotopic (exact) mass is 410 g/mol. The maximum Gasteiger partial charge on any atom is 0.338 e. The molecule has 0 aliphatic heterocycles. The van der Waals surface area contributed by atoms with Crippen LogP contribution in [0.4, 0.5) is 0 Å². The molecule has 0 aliphatic carbocycles. The van der Waals surface area contributed by atoms with Gasteiger partial charge in [0, 0.05) is 5.02 Å². The van der Waals surface area contributed by atoms with Crippen molar-refractivity contribution in [2.75, 3.05) is 13.2 Å². The van der Waals surface area contributed by atoms with E-state index in [2.05, 4.69) is 0 Å². The molecule has 0 heterocycles. The highest BCUT2D eigenvalue weighted by Gasteiger charge is 2.11. The average molecular weight is 411 g/mol. The number of esters is 2. The van der Waals surface area contributed by atoms with Gasteiger partial charge in [-0.1, -0.05) is 48.0 Å². The molecule has 3 rings (SSSR count). The minimum atomic E-state index is -0.516. The molecule has 0 N–H and O–H groups in total. The largest absolute Gasteiger partial charge is 0.490 e. The minimum Gasteiger partial charge on any atom is -0.490 e. The van der Waals surface area contributed by atoms with Gasteiger partial charge < -0.3 is 14.2 Å². The van der Waals surface area contributed by atoms with Crippen LogP contribution in [-0.2, 0) is 16.0 Å². The van der Waals surface area contributed by atoms with Crippen LogP contribution < -0.4 is 9.47 Å². The van der Waals surface area contributed by atoms with Gasteiger partial charge in [0.25, 0.3) is 0 Å². The van der Waals surface area contributed by atoms with E-state index in [0.29, 0.717) is 16.3 Å². The molecular weight excluding hydrogens is 392 g/mol. The summed E-state index contributed by atoms with van der Waals surface area (Å²) < 4.78 is 16.0. The molecule has 0 bridgehead atoms. The molecule has 0 amide bonds. The van der Waals surface area contributed by atoms with Gasteiger partial charge in [-0.2, -0.15) is 0 Å². The van der Waals surface area contributed by atoms with Gasteiger partial charge in [-0.05, 0) is 48.0 Å². The van der Waals surface area contributed by atoms with Crippen molar-refractivity contribution < 1.29 is 23.8 Å². The maximum atomic E-state index is 12.2. The summed E-state index contributed by atoms with van der Waals surface area (Å²) in [5.74, 6) is 0.0310. The van der Waals surface area contributed by atoms with E-state index in [1.165, 1.54) is 6.07 Å². The highest BCUT2D eigenvalue weighted by atomic mass is 35.5. The third kappa shape index (κ3) is 6.66. The molecule has 0 aromatic heterocycles. The lowest BCUT2D eigenvalue weighted by Gasteiger charge is -2.09. The zero-order chi connectivity index (χ0) is 20.5. The molecule has 0 atom stereocenters. The minimum absolute atomic E-state index is 0.0999. The lowest BCUT2D eigenvalue weighted by atomic mass is 10.1. The Labute approximate surface area is 173 Å². The molecular formula is C23H19ClO5. The van der Waals surface area contributed by atoms with Crippen molar-refractivity contribution in [2.24, 2.45) is 0 Å². The van der Waals surface area contributed by atoms with Gasteiger partial charge in [0.15, 0.2) is 0 Å². The molecule has 0 aliphatic rings. The topological polar surface area (TPSA) is 61.8 Å². The van der Waals surface area contributed by atoms with Crippen LogP contribution in [0.3, 0.4) is 0 Å². The smallest absolute Gasteiger partial charge is 0.338 e. The van der Waals surface area contributed by atoms with Crippen molar-refractivity contribution in [2.45, 2.75) is 6.42 Å². The molecule has 0 saturated carbocycles. The Balaban J connectivity index is 1.48. The molecule has 6 heteroatoms. The summed E-state index contributed by atoms with van der Waals surface area (Å²) in [5.41, 5.74) is 1.08. The molecule has 0 radical (unpaired) electrons. The normalized spacial score (nSPS) is 10.2. The molecule has 0 spiro atoms. The van der Waals surface area contributed by atoms with Crippen molar-refractivity contribution in [3.63, 3.8) is 0 Å². The van der Waals surface area contributed by atoms with Gasteiger partial charge in [-0.25, -0.2) is 4.79 Å². The summed E-state index contributed by atoms with van der Waals surface area (Å²) in [6.45, 7) is 0.347. The number of rotatable bonds is 8. The van der Waals surface area contributed by atoms with Gasteiger partial charge in [0.2, 0.25) is 0 Å². The zero-order valence-electron chi connectivity index (χ0n) is 15.5. The summed E-state index contributed by atoms with van der Waals surface area (Å²) in [5, 5.41) is 0.600. The fraction of sp³-hybridized carbons (Fsp3) is 0.130. The van der Waals surface area contributed by atoms with Crippen LogP contribution in [0.5, 0.6) is 11.5 Å². The first-order valence-corrected chi connectivity index (χ1v) is 9.38. The van der Waals surface area contributed by atoms with Crippen molar-refractivity contribution in [1.82, 2.24) is 0 Å². The van der Waals surface area contributed by atoms with Gasteiger partial charge in [-0.3, -0.25) is 4.79 Å². The van der Waals surface area contributed by atoms with Crippen molar-refractivity contribution in [1.29, 1.82) is 0 Å². The quantitative estimate of drug-likeness (QED) is 0.305. The Morgan fingerprint density at radius 3 is 2.28 bits per heavy atom. The molecule has 29 heavy (non-hydrogen) atoms. The zero-order valence-corrected chi connectivity index (χ0v) is 16.3. The van der Waals surface area contributed by atoms with Crippen LogP contribution >= 0.6 is 11.6 Å². The van der Waals surface area contributed by atoms with E-state index in [9.17, 15) is 9.59 Å². The molecule has 0 saturated heterocycles. The number of benzene rings is 3. The Hall–Kier alpha value is -3.31. The predicted octanol–water partition coefficient (Wildman–Crippen LogP) is 4.72. The van der Waals surface area contributed by atoms with E-state index in [1.807, 2.05) is 30.3 Å². The highest BCUT2D eigenvalue weighted by molar-refractivity contribution is 6.30. The summed E-state index contributed by atoms with van der Waals surface area (Å²) in [6.07, 6.45) is 0.0999. The maximum absolute atomic E-state index is 12.2. The van der Waals surface area contributed by atoms with Crippen LogP contribution in [0.2, 0.25) is 5.02 Å². The van der Waals surface area contributed by atoms with Gasteiger partial charge >= 0.3 is 11.9 Å². The van der Waals surface area contributed by atoms with E-state index in [0.717, 1.165) is 5.56 Å². The van der Waals surface area contributed by atoms with Crippen LogP contribution in [0, 0.1) is 0 Å². The molecule has 148 valence electrons. The van der Waals surface area contributed by atoms with E-state index >= 15 is 0 Å². The Morgan fingerprint density at radius 1 is 0.793 bits per heavy atom. The summed E-state index contributed by atoms with van der Waals surface area (Å²) in [4.78, 5) is 24.3. The van der Waals surface area contributed by atoms with Gasteiger partial charge in [-0.15, -0.1) is 0 Å². The first-order chi connectivity index (χ1) is 14.1. The van der Waals surface area contributed by atoms with Crippen LogP contribution in [0.15, 0.2) is 78.9 Å². The van der Waals surface area contributed by atoms with Gasteiger partial charge in [0.1, 0.15) is 24.7 Å². The second kappa shape index (κ2) is 10.3. The number of hydrogen-bond donors (Lipinski definition) is 0. The third-order valence-electron chi connectivity index (χ3n) is 3.89. The molecule has 0 fully saturated rings. The third-order valence-corrected chi connectivity index (χ3v) is 4.14. The number of carbonyl (C=O) groups is 2. The Kier molecular flexibility index (Phi) is 7.25. The van der Waals surface area contributed by atoms with Crippen LogP contribution in [0.1, 0.15) is 15.9 Å². The number of hydrogen-bond acceptors (Lipinski definition) is 5. The number of halogens is 1. The number of carbonyl (C=O) groups excluding carboxylic acids is 2. The Bertz CT molecular complexity index is 955. The van der Waals surface area contributed by atoms with Crippen molar-refractivity contribution in [3.05, 3.63) is 95.0 Å². The number of para-hydroxylation sites is 1. The van der Waals surface area contributed by atoms with Crippen molar-refractivity contribution >= 4 is 23.5 Å². The lowest BCUT2D eigenvalue weighted by molar-refractivity contribution is -0.133. The van der Waals surface area contributed by atoms with Crippen molar-refractivity contribution in [3.8, 4) is 11.5 Å². The van der Waals surface area contributed by atoms with E-state index in [4.69, 9.17) is 25.8 Å². The first kappa shape index (κ1) is 20.4. The second-order valence-electron chi connectivity index (χ2n) is 6.10. The Morgan fingerprint density at radius 2 is 1.52 bits per heavy atom. The van der Waals surface area contributed by atoms with E-state index < -0.39 is 11.9 Å². The fourth-order valence-corrected chi connectivity index (χ4v) is 2.64. The predicted molar refractivity (Wildman–Crippen MR) is 109 cm³/mol. The molecule has 3 aromatic carbocycles. The van der Waals surface area contributed by atoms with Crippen LogP contribution in [0.25, 0.3) is 0 Å². The van der Waals surface area contributed by atoms with Crippen LogP contribution in [-0.4, -0.2) is 25.2 Å². The lowest BCUT2D eigenvalue weighted by Crippen LogP contribution is -2.14. The van der Waals surface area contributed by atoms with Gasteiger partial charge in [0.05, 0.1) is 12.0 Å². The van der Waals surface area contributed by atoms with E-state index in [-0.39, 0.29) is 25.4 Å². The SMILES string of the molecule is O=C(Cc1ccc(Cl)cc1)Oc1cccc(C(=O)OCCOc2ccccc2)c1. The second-order valence-corrected chi connectivity index (χ2v) is 6.54. The standard InChI is InChI=1S/C23H19ClO5/c24-19-11-9-17(10-12-19)15-22(25)29-21-8-4-5-18(16-21)23(26)28-14-13-27-20-6-2-1-3-7-20/h1-12,16H,13-15H2. The molecule has 5 nitrogen and oxygen atoms in total. The molecule has 3 aromatic rings. The highest BCUT2D eigenvalue weighted by Crippen LogP contribution is 2.16. The summed E-state index contributed by atoms with van der Waals surface area (Å²) >= 11 is 5.83. The number of ether oxygens (including phenoxy) is 3. The summed E-state index contributed by atoms with van der Waals surface area (Å²) in [6, 6.07) is 22.5. The summed E-state index contributed by atoms with van der Waals surface area (Å²) in [7, 11) is 0. The molecule has 0 unspecified atom stereocenters. The average Bonchev–Trinajstić information content (AvgIpc) is 2.73. The first-order valence-electron chi connectivity index (χ1n) is 9.00. The van der Waals surface area contributed by atoms with E-state index in [1.54, 1.807) is 42.5 Å². The fourth-order valence-electron chi connectivity index (χ4n) is 2.52.